The van der Waals surface area contributed by atoms with Gasteiger partial charge in [-0.15, -0.1) is 0 Å². The van der Waals surface area contributed by atoms with Crippen LogP contribution < -0.4 is 15.5 Å². The van der Waals surface area contributed by atoms with Crippen molar-refractivity contribution >= 4 is 17.8 Å². The van der Waals surface area contributed by atoms with Crippen molar-refractivity contribution < 1.29 is 22.8 Å². The minimum absolute atomic E-state index is 0.200. The van der Waals surface area contributed by atoms with Crippen molar-refractivity contribution in [1.82, 2.24) is 20.5 Å². The Balaban J connectivity index is 1.78. The summed E-state index contributed by atoms with van der Waals surface area (Å²) in [4.78, 5) is 30.4. The molecule has 1 saturated heterocycles. The molecule has 1 aliphatic heterocycles. The zero-order chi connectivity index (χ0) is 18.4. The fourth-order valence-corrected chi connectivity index (χ4v) is 2.45. The summed E-state index contributed by atoms with van der Waals surface area (Å²) in [7, 11) is 1.43. The van der Waals surface area contributed by atoms with Crippen molar-refractivity contribution in [3.05, 3.63) is 23.9 Å². The number of nitrogens with zero attached hydrogens (tertiary/aromatic N) is 3. The van der Waals surface area contributed by atoms with Crippen molar-refractivity contribution in [2.24, 2.45) is 0 Å². The third-order valence-corrected chi connectivity index (χ3v) is 3.91. The summed E-state index contributed by atoms with van der Waals surface area (Å²) in [5, 5.41) is 4.50. The zero-order valence-corrected chi connectivity index (χ0v) is 13.8. The monoisotopic (exact) mass is 359 g/mol. The van der Waals surface area contributed by atoms with Crippen LogP contribution >= 0.6 is 0 Å². The molecule has 2 rings (SSSR count). The summed E-state index contributed by atoms with van der Waals surface area (Å²) in [5.41, 5.74) is -0.767. The number of hydrogen-bond acceptors (Lipinski definition) is 5. The van der Waals surface area contributed by atoms with Crippen LogP contribution in [-0.4, -0.2) is 61.6 Å². The Kier molecular flexibility index (Phi) is 6.18. The maximum Gasteiger partial charge on any atom is 0.417 e. The number of pyridine rings is 1. The SMILES string of the molecule is CNC(=O)NC(=O)CCN1CCN(c2ccc(C(F)(F)F)cn2)CC1. The van der Waals surface area contributed by atoms with Crippen LogP contribution in [-0.2, 0) is 11.0 Å². The van der Waals surface area contributed by atoms with Gasteiger partial charge in [-0.25, -0.2) is 9.78 Å². The molecule has 25 heavy (non-hydrogen) atoms. The molecule has 1 aromatic rings. The van der Waals surface area contributed by atoms with E-state index in [0.29, 0.717) is 38.5 Å². The molecule has 0 aliphatic carbocycles. The Bertz CT molecular complexity index is 598. The number of hydrogen-bond donors (Lipinski definition) is 2. The summed E-state index contributed by atoms with van der Waals surface area (Å²) in [5.74, 6) is 0.149. The number of rotatable bonds is 4. The molecule has 0 unspecified atom stereocenters. The predicted molar refractivity (Wildman–Crippen MR) is 85.1 cm³/mol. The van der Waals surface area contributed by atoms with Gasteiger partial charge in [-0.1, -0.05) is 0 Å². The van der Waals surface area contributed by atoms with E-state index in [9.17, 15) is 22.8 Å². The predicted octanol–water partition coefficient (Wildman–Crippen LogP) is 1.07. The number of piperazine rings is 1. The van der Waals surface area contributed by atoms with Crippen LogP contribution in [0.25, 0.3) is 0 Å². The van der Waals surface area contributed by atoms with Crippen molar-refractivity contribution in [2.45, 2.75) is 12.6 Å². The van der Waals surface area contributed by atoms with Crippen LogP contribution in [0.2, 0.25) is 0 Å². The fraction of sp³-hybridized carbons (Fsp3) is 0.533. The van der Waals surface area contributed by atoms with Crippen LogP contribution in [0.3, 0.4) is 0 Å². The first-order valence-corrected chi connectivity index (χ1v) is 7.81. The van der Waals surface area contributed by atoms with Crippen molar-refractivity contribution in [3.63, 3.8) is 0 Å². The third kappa shape index (κ3) is 5.59. The Morgan fingerprint density at radius 1 is 1.20 bits per heavy atom. The second-order valence-electron chi connectivity index (χ2n) is 5.61. The van der Waals surface area contributed by atoms with E-state index in [1.807, 2.05) is 4.90 Å². The van der Waals surface area contributed by atoms with E-state index >= 15 is 0 Å². The van der Waals surface area contributed by atoms with Crippen molar-refractivity contribution in [1.29, 1.82) is 0 Å². The van der Waals surface area contributed by atoms with Crippen LogP contribution in [0.5, 0.6) is 0 Å². The highest BCUT2D eigenvalue weighted by Crippen LogP contribution is 2.29. The van der Waals surface area contributed by atoms with Gasteiger partial charge in [0.25, 0.3) is 0 Å². The topological polar surface area (TPSA) is 77.6 Å². The number of carbonyl (C=O) groups excluding carboxylic acids is 2. The molecule has 1 aliphatic rings. The van der Waals surface area contributed by atoms with Gasteiger partial charge in [0.1, 0.15) is 5.82 Å². The third-order valence-electron chi connectivity index (χ3n) is 3.91. The number of alkyl halides is 3. The molecule has 10 heteroatoms. The van der Waals surface area contributed by atoms with Gasteiger partial charge in [0, 0.05) is 52.4 Å². The number of imide groups is 1. The smallest absolute Gasteiger partial charge is 0.354 e. The molecule has 0 aromatic carbocycles. The van der Waals surface area contributed by atoms with E-state index in [2.05, 4.69) is 20.5 Å². The van der Waals surface area contributed by atoms with Gasteiger partial charge in [0.05, 0.1) is 5.56 Å². The number of amides is 3. The standard InChI is InChI=1S/C15H20F3N5O2/c1-19-14(25)21-13(24)4-5-22-6-8-23(9-7-22)12-3-2-11(10-20-12)15(16,17)18/h2-3,10H,4-9H2,1H3,(H2,19,21,24,25). The molecule has 0 atom stereocenters. The lowest BCUT2D eigenvalue weighted by atomic mass is 10.2. The second-order valence-corrected chi connectivity index (χ2v) is 5.61. The molecular formula is C15H20F3N5O2. The zero-order valence-electron chi connectivity index (χ0n) is 13.8. The Morgan fingerprint density at radius 3 is 2.40 bits per heavy atom. The lowest BCUT2D eigenvalue weighted by Crippen LogP contribution is -2.48. The van der Waals surface area contributed by atoms with E-state index in [1.165, 1.54) is 13.1 Å². The normalized spacial score (nSPS) is 15.8. The second kappa shape index (κ2) is 8.15. The van der Waals surface area contributed by atoms with Gasteiger partial charge < -0.3 is 10.2 Å². The highest BCUT2D eigenvalue weighted by molar-refractivity contribution is 5.94. The first-order chi connectivity index (χ1) is 11.8. The highest BCUT2D eigenvalue weighted by atomic mass is 19.4. The molecule has 2 N–H and O–H groups in total. The lowest BCUT2D eigenvalue weighted by Gasteiger charge is -2.35. The Hall–Kier alpha value is -2.36. The van der Waals surface area contributed by atoms with Crippen LogP contribution in [0.4, 0.5) is 23.8 Å². The van der Waals surface area contributed by atoms with Gasteiger partial charge in [-0.05, 0) is 12.1 Å². The first kappa shape index (κ1) is 19.0. The fourth-order valence-electron chi connectivity index (χ4n) is 2.45. The molecule has 2 heterocycles. The van der Waals surface area contributed by atoms with E-state index in [4.69, 9.17) is 0 Å². The molecule has 0 bridgehead atoms. The van der Waals surface area contributed by atoms with Crippen LogP contribution in [0.1, 0.15) is 12.0 Å². The number of aromatic nitrogens is 1. The molecule has 0 radical (unpaired) electrons. The summed E-state index contributed by atoms with van der Waals surface area (Å²) in [6.07, 6.45) is -3.35. The molecule has 0 spiro atoms. The number of anilines is 1. The number of carbonyl (C=O) groups is 2. The maximum absolute atomic E-state index is 12.5. The molecule has 1 fully saturated rings. The van der Waals surface area contributed by atoms with Crippen LogP contribution in [0, 0.1) is 0 Å². The average molecular weight is 359 g/mol. The van der Waals surface area contributed by atoms with Crippen molar-refractivity contribution in [2.75, 3.05) is 44.7 Å². The summed E-state index contributed by atoms with van der Waals surface area (Å²) in [6.45, 7) is 3.05. The lowest BCUT2D eigenvalue weighted by molar-refractivity contribution is -0.137. The van der Waals surface area contributed by atoms with E-state index < -0.39 is 17.8 Å². The largest absolute Gasteiger partial charge is 0.417 e. The summed E-state index contributed by atoms with van der Waals surface area (Å²) < 4.78 is 37.6. The molecule has 1 aromatic heterocycles. The number of nitrogens with one attached hydrogen (secondary N) is 2. The van der Waals surface area contributed by atoms with Gasteiger partial charge in [0.15, 0.2) is 0 Å². The number of halogens is 3. The Morgan fingerprint density at radius 2 is 1.88 bits per heavy atom. The van der Waals surface area contributed by atoms with Gasteiger partial charge in [0.2, 0.25) is 5.91 Å². The van der Waals surface area contributed by atoms with Gasteiger partial charge in [-0.3, -0.25) is 15.0 Å². The maximum atomic E-state index is 12.5. The molecule has 138 valence electrons. The van der Waals surface area contributed by atoms with Gasteiger partial charge >= 0.3 is 12.2 Å². The summed E-state index contributed by atoms with van der Waals surface area (Å²) >= 11 is 0. The first-order valence-electron chi connectivity index (χ1n) is 7.81. The molecule has 3 amide bonds. The van der Waals surface area contributed by atoms with E-state index in [1.54, 1.807) is 0 Å². The Labute approximate surface area is 143 Å². The molecule has 0 saturated carbocycles. The van der Waals surface area contributed by atoms with Crippen molar-refractivity contribution in [3.8, 4) is 0 Å². The van der Waals surface area contributed by atoms with Gasteiger partial charge in [-0.2, -0.15) is 13.2 Å². The molecular weight excluding hydrogens is 339 g/mol. The quantitative estimate of drug-likeness (QED) is 0.841. The number of urea groups is 1. The minimum Gasteiger partial charge on any atom is -0.354 e. The summed E-state index contributed by atoms with van der Waals surface area (Å²) in [6, 6.07) is 1.86. The van der Waals surface area contributed by atoms with E-state index in [-0.39, 0.29) is 12.3 Å². The van der Waals surface area contributed by atoms with Crippen LogP contribution in [0.15, 0.2) is 18.3 Å². The minimum atomic E-state index is -4.39. The average Bonchev–Trinajstić information content (AvgIpc) is 2.59. The molecule has 7 nitrogen and oxygen atoms in total. The van der Waals surface area contributed by atoms with E-state index in [0.717, 1.165) is 12.3 Å². The highest BCUT2D eigenvalue weighted by Gasteiger charge is 2.31.